The Morgan fingerprint density at radius 2 is 2.28 bits per heavy atom. The molecule has 2 atom stereocenters. The number of hydrogen-bond acceptors (Lipinski definition) is 3. The van der Waals surface area contributed by atoms with Crippen LogP contribution in [0.3, 0.4) is 0 Å². The Morgan fingerprint density at radius 3 is 2.89 bits per heavy atom. The number of nitrogens with one attached hydrogen (secondary N) is 1. The van der Waals surface area contributed by atoms with Gasteiger partial charge in [-0.05, 0) is 37.6 Å². The molecule has 18 heavy (non-hydrogen) atoms. The van der Waals surface area contributed by atoms with Crippen LogP contribution in [0.1, 0.15) is 12.5 Å². The van der Waals surface area contributed by atoms with Crippen LogP contribution < -0.4 is 16.0 Å². The van der Waals surface area contributed by atoms with Crippen molar-refractivity contribution < 1.29 is 4.79 Å². The monoisotopic (exact) mass is 311 g/mol. The van der Waals surface area contributed by atoms with Gasteiger partial charge in [-0.1, -0.05) is 15.9 Å². The molecule has 3 N–H and O–H groups in total. The summed E-state index contributed by atoms with van der Waals surface area (Å²) in [6.45, 7) is 5.17. The van der Waals surface area contributed by atoms with E-state index in [1.807, 2.05) is 26.0 Å². The second kappa shape index (κ2) is 5.28. The van der Waals surface area contributed by atoms with Gasteiger partial charge >= 0.3 is 0 Å². The van der Waals surface area contributed by atoms with Gasteiger partial charge in [-0.25, -0.2) is 0 Å². The van der Waals surface area contributed by atoms with E-state index in [1.54, 1.807) is 0 Å². The van der Waals surface area contributed by atoms with E-state index in [-0.39, 0.29) is 18.0 Å². The number of hydrogen-bond donors (Lipinski definition) is 2. The van der Waals surface area contributed by atoms with E-state index in [4.69, 9.17) is 5.73 Å². The molecule has 5 heteroatoms. The number of nitrogens with zero attached hydrogens (tertiary/aromatic N) is 1. The summed E-state index contributed by atoms with van der Waals surface area (Å²) in [6.07, 6.45) is 0. The molecule has 0 aromatic heterocycles. The molecule has 2 unspecified atom stereocenters. The second-order valence-corrected chi connectivity index (χ2v) is 5.66. The first-order chi connectivity index (χ1) is 8.52. The van der Waals surface area contributed by atoms with Crippen LogP contribution in [0.2, 0.25) is 0 Å². The molecule has 1 amide bonds. The van der Waals surface area contributed by atoms with Crippen molar-refractivity contribution in [1.29, 1.82) is 0 Å². The van der Waals surface area contributed by atoms with Crippen molar-refractivity contribution in [3.05, 3.63) is 28.2 Å². The van der Waals surface area contributed by atoms with E-state index in [1.165, 1.54) is 0 Å². The van der Waals surface area contributed by atoms with Gasteiger partial charge in [0.15, 0.2) is 0 Å². The zero-order chi connectivity index (χ0) is 13.3. The molecule has 0 spiro atoms. The van der Waals surface area contributed by atoms with Crippen LogP contribution in [-0.4, -0.2) is 31.1 Å². The molecule has 1 aromatic rings. The minimum Gasteiger partial charge on any atom is -0.356 e. The maximum Gasteiger partial charge on any atom is 0.244 e. The third-order valence-corrected chi connectivity index (χ3v) is 3.72. The largest absolute Gasteiger partial charge is 0.356 e. The van der Waals surface area contributed by atoms with Crippen molar-refractivity contribution in [2.24, 2.45) is 5.73 Å². The number of aryl methyl sites for hydroxylation is 1. The van der Waals surface area contributed by atoms with E-state index in [0.717, 1.165) is 22.3 Å². The molecule has 0 bridgehead atoms. The molecule has 1 saturated heterocycles. The lowest BCUT2D eigenvalue weighted by Crippen LogP contribution is -2.61. The summed E-state index contributed by atoms with van der Waals surface area (Å²) in [7, 11) is 0. The van der Waals surface area contributed by atoms with E-state index in [0.29, 0.717) is 6.54 Å². The number of anilines is 1. The topological polar surface area (TPSA) is 58.4 Å². The van der Waals surface area contributed by atoms with Crippen LogP contribution in [0.15, 0.2) is 22.7 Å². The highest BCUT2D eigenvalue weighted by Crippen LogP contribution is 2.26. The first-order valence-electron chi connectivity index (χ1n) is 6.06. The van der Waals surface area contributed by atoms with E-state index >= 15 is 0 Å². The van der Waals surface area contributed by atoms with Gasteiger partial charge in [-0.3, -0.25) is 4.79 Å². The maximum atomic E-state index is 12.0. The van der Waals surface area contributed by atoms with Gasteiger partial charge in [0.25, 0.3) is 0 Å². The number of piperazine rings is 1. The number of rotatable bonds is 2. The molecule has 1 heterocycles. The quantitative estimate of drug-likeness (QED) is 0.868. The van der Waals surface area contributed by atoms with Crippen molar-refractivity contribution in [2.75, 3.05) is 18.0 Å². The minimum atomic E-state index is -0.277. The zero-order valence-electron chi connectivity index (χ0n) is 10.6. The molecule has 1 aliphatic rings. The second-order valence-electron chi connectivity index (χ2n) is 4.74. The molecule has 98 valence electrons. The molecule has 1 aromatic carbocycles. The summed E-state index contributed by atoms with van der Waals surface area (Å²) in [5, 5.41) is 2.94. The van der Waals surface area contributed by atoms with Gasteiger partial charge in [0, 0.05) is 29.3 Å². The predicted octanol–water partition coefficient (Wildman–Crippen LogP) is 1.41. The zero-order valence-corrected chi connectivity index (χ0v) is 12.2. The van der Waals surface area contributed by atoms with Crippen LogP contribution in [0.5, 0.6) is 0 Å². The fourth-order valence-electron chi connectivity index (χ4n) is 2.39. The summed E-state index contributed by atoms with van der Waals surface area (Å²) in [5.41, 5.74) is 7.96. The van der Waals surface area contributed by atoms with Crippen molar-refractivity contribution in [2.45, 2.75) is 25.9 Å². The van der Waals surface area contributed by atoms with Crippen LogP contribution in [0, 0.1) is 6.92 Å². The molecule has 1 aliphatic heterocycles. The van der Waals surface area contributed by atoms with Crippen LogP contribution in [-0.2, 0) is 4.79 Å². The third kappa shape index (κ3) is 2.52. The summed E-state index contributed by atoms with van der Waals surface area (Å²) < 4.78 is 1.04. The summed E-state index contributed by atoms with van der Waals surface area (Å²) >= 11 is 3.45. The Morgan fingerprint density at radius 1 is 1.56 bits per heavy atom. The van der Waals surface area contributed by atoms with Crippen LogP contribution in [0.25, 0.3) is 0 Å². The number of carbonyl (C=O) groups excluding carboxylic acids is 1. The average molecular weight is 312 g/mol. The lowest BCUT2D eigenvalue weighted by Gasteiger charge is -2.40. The summed E-state index contributed by atoms with van der Waals surface area (Å²) in [4.78, 5) is 14.1. The Balaban J connectivity index is 2.36. The van der Waals surface area contributed by atoms with E-state index in [9.17, 15) is 4.79 Å². The summed E-state index contributed by atoms with van der Waals surface area (Å²) in [5.74, 6) is 0.0126. The van der Waals surface area contributed by atoms with Gasteiger partial charge < -0.3 is 16.0 Å². The molecule has 1 fully saturated rings. The highest BCUT2D eigenvalue weighted by atomic mass is 79.9. The number of nitrogens with two attached hydrogens (primary N) is 1. The van der Waals surface area contributed by atoms with Crippen molar-refractivity contribution in [3.63, 3.8) is 0 Å². The van der Waals surface area contributed by atoms with Crippen LogP contribution in [0.4, 0.5) is 5.69 Å². The highest BCUT2D eigenvalue weighted by molar-refractivity contribution is 9.10. The fourth-order valence-corrected chi connectivity index (χ4v) is 2.87. The molecular weight excluding hydrogens is 294 g/mol. The SMILES string of the molecule is Cc1cc(Br)ccc1N1CC(C)NC(=O)C1CN. The normalized spacial score (nSPS) is 24.0. The van der Waals surface area contributed by atoms with Crippen molar-refractivity contribution in [3.8, 4) is 0 Å². The van der Waals surface area contributed by atoms with Crippen molar-refractivity contribution in [1.82, 2.24) is 5.32 Å². The van der Waals surface area contributed by atoms with E-state index < -0.39 is 0 Å². The van der Waals surface area contributed by atoms with Gasteiger partial charge in [-0.2, -0.15) is 0 Å². The number of halogens is 1. The number of amides is 1. The standard InChI is InChI=1S/C13H18BrN3O/c1-8-5-10(14)3-4-11(8)17-7-9(2)16-13(18)12(17)6-15/h3-5,9,12H,6-7,15H2,1-2H3,(H,16,18). The number of benzene rings is 1. The molecule has 2 rings (SSSR count). The Bertz CT molecular complexity index is 464. The Labute approximate surface area is 116 Å². The first-order valence-corrected chi connectivity index (χ1v) is 6.85. The Hall–Kier alpha value is -1.07. The third-order valence-electron chi connectivity index (χ3n) is 3.23. The van der Waals surface area contributed by atoms with Gasteiger partial charge in [0.1, 0.15) is 6.04 Å². The van der Waals surface area contributed by atoms with Gasteiger partial charge in [0.2, 0.25) is 5.91 Å². The molecular formula is C13H18BrN3O. The molecule has 4 nitrogen and oxygen atoms in total. The molecule has 0 radical (unpaired) electrons. The molecule has 0 saturated carbocycles. The lowest BCUT2D eigenvalue weighted by atomic mass is 10.1. The van der Waals surface area contributed by atoms with E-state index in [2.05, 4.69) is 32.2 Å². The predicted molar refractivity (Wildman–Crippen MR) is 76.7 cm³/mol. The number of carbonyl (C=O) groups is 1. The Kier molecular flexibility index (Phi) is 3.92. The molecule has 0 aliphatic carbocycles. The average Bonchev–Trinajstić information content (AvgIpc) is 2.28. The smallest absolute Gasteiger partial charge is 0.244 e. The summed E-state index contributed by atoms with van der Waals surface area (Å²) in [6, 6.07) is 5.95. The lowest BCUT2D eigenvalue weighted by molar-refractivity contribution is -0.123. The van der Waals surface area contributed by atoms with Crippen LogP contribution >= 0.6 is 15.9 Å². The van der Waals surface area contributed by atoms with Gasteiger partial charge in [-0.15, -0.1) is 0 Å². The first kappa shape index (κ1) is 13.4. The highest BCUT2D eigenvalue weighted by Gasteiger charge is 2.32. The fraction of sp³-hybridized carbons (Fsp3) is 0.462. The maximum absolute atomic E-state index is 12.0. The van der Waals surface area contributed by atoms with Crippen molar-refractivity contribution >= 4 is 27.5 Å². The van der Waals surface area contributed by atoms with Gasteiger partial charge in [0.05, 0.1) is 0 Å². The minimum absolute atomic E-state index is 0.0126.